The maximum atomic E-state index is 11.7. The van der Waals surface area contributed by atoms with E-state index in [1.165, 1.54) is 0 Å². The van der Waals surface area contributed by atoms with Gasteiger partial charge in [0.25, 0.3) is 0 Å². The molecule has 0 fully saturated rings. The van der Waals surface area contributed by atoms with Crippen molar-refractivity contribution in [3.05, 3.63) is 30.3 Å². The van der Waals surface area contributed by atoms with Gasteiger partial charge in [0.15, 0.2) is 0 Å². The molecule has 0 aliphatic carbocycles. The first kappa shape index (κ1) is 10.4. The summed E-state index contributed by atoms with van der Waals surface area (Å²) in [5.41, 5.74) is 0. The summed E-state index contributed by atoms with van der Waals surface area (Å²) in [6.07, 6.45) is 1.86. The van der Waals surface area contributed by atoms with Crippen molar-refractivity contribution in [1.82, 2.24) is 0 Å². The molecule has 0 saturated heterocycles. The van der Waals surface area contributed by atoms with Crippen molar-refractivity contribution >= 4 is 13.1 Å². The Morgan fingerprint density at radius 1 is 1.23 bits per heavy atom. The highest BCUT2D eigenvalue weighted by molar-refractivity contribution is 7.53. The van der Waals surface area contributed by atoms with Gasteiger partial charge in [-0.2, -0.15) is 0 Å². The van der Waals surface area contributed by atoms with Gasteiger partial charge in [-0.3, -0.25) is 4.57 Å². The molecule has 0 aliphatic heterocycles. The first-order valence-electron chi connectivity index (χ1n) is 4.70. The van der Waals surface area contributed by atoms with Crippen LogP contribution in [0.3, 0.4) is 0 Å². The van der Waals surface area contributed by atoms with Crippen molar-refractivity contribution in [2.24, 2.45) is 5.92 Å². The molecule has 1 aromatic carbocycles. The van der Waals surface area contributed by atoms with Crippen LogP contribution in [0.15, 0.2) is 30.3 Å². The van der Waals surface area contributed by atoms with Crippen LogP contribution in [0.4, 0.5) is 0 Å². The predicted molar refractivity (Wildman–Crippen MR) is 58.0 cm³/mol. The van der Waals surface area contributed by atoms with Crippen LogP contribution < -0.4 is 5.30 Å². The Hall–Kier alpha value is -0.680. The van der Waals surface area contributed by atoms with Crippen molar-refractivity contribution in [2.45, 2.75) is 20.3 Å². The molecule has 1 nitrogen and oxygen atoms in total. The van der Waals surface area contributed by atoms with E-state index in [1.54, 1.807) is 0 Å². The average Bonchev–Trinajstić information content (AvgIpc) is 2.15. The van der Waals surface area contributed by atoms with Crippen LogP contribution in [-0.4, -0.2) is 6.16 Å². The minimum absolute atomic E-state index is 0.641. The number of benzene rings is 1. The first-order valence-corrected chi connectivity index (χ1v) is 6.14. The second kappa shape index (κ2) is 5.14. The summed E-state index contributed by atoms with van der Waals surface area (Å²) in [5.74, 6) is 0.641. The molecule has 2 heteroatoms. The quantitative estimate of drug-likeness (QED) is 0.674. The third-order valence-corrected chi connectivity index (χ3v) is 3.49. The van der Waals surface area contributed by atoms with Gasteiger partial charge in [0.05, 0.1) is 0 Å². The minimum Gasteiger partial charge on any atom is -0.282 e. The summed E-state index contributed by atoms with van der Waals surface area (Å²) in [5, 5.41) is 0.984. The molecule has 71 valence electrons. The second-order valence-corrected chi connectivity index (χ2v) is 5.34. The van der Waals surface area contributed by atoms with Gasteiger partial charge in [-0.1, -0.05) is 32.0 Å². The van der Waals surface area contributed by atoms with E-state index < -0.39 is 7.80 Å². The molecule has 1 unspecified atom stereocenters. The first-order chi connectivity index (χ1) is 6.20. The molecular formula is C11H16OP. The van der Waals surface area contributed by atoms with Gasteiger partial charge in [0, 0.05) is 11.5 Å². The Labute approximate surface area is 81.0 Å². The molecule has 0 amide bonds. The molecule has 0 heterocycles. The summed E-state index contributed by atoms with van der Waals surface area (Å²) in [6.45, 7) is 4.32. The van der Waals surface area contributed by atoms with E-state index in [0.29, 0.717) is 5.92 Å². The van der Waals surface area contributed by atoms with Crippen LogP contribution in [0.25, 0.3) is 0 Å². The third-order valence-electron chi connectivity index (χ3n) is 1.95. The van der Waals surface area contributed by atoms with E-state index in [4.69, 9.17) is 0 Å². The lowest BCUT2D eigenvalue weighted by molar-refractivity contribution is 0.579. The molecule has 0 bridgehead atoms. The Morgan fingerprint density at radius 3 is 2.38 bits per heavy atom. The number of hydrogen-bond acceptors (Lipinski definition) is 1. The van der Waals surface area contributed by atoms with Gasteiger partial charge < -0.3 is 0 Å². The van der Waals surface area contributed by atoms with Crippen molar-refractivity contribution in [3.8, 4) is 0 Å². The Balaban J connectivity index is 2.50. The predicted octanol–water partition coefficient (Wildman–Crippen LogP) is 3.19. The molecule has 0 aromatic heterocycles. The lowest BCUT2D eigenvalue weighted by Crippen LogP contribution is -1.99. The summed E-state index contributed by atoms with van der Waals surface area (Å²) in [7, 11) is -1.16. The fraction of sp³-hybridized carbons (Fsp3) is 0.455. The summed E-state index contributed by atoms with van der Waals surface area (Å²) in [6, 6.07) is 9.73. The Bertz CT molecular complexity index is 267. The topological polar surface area (TPSA) is 17.1 Å². The summed E-state index contributed by atoms with van der Waals surface area (Å²) < 4.78 is 11.7. The Morgan fingerprint density at radius 2 is 1.85 bits per heavy atom. The van der Waals surface area contributed by atoms with E-state index in [9.17, 15) is 4.57 Å². The monoisotopic (exact) mass is 195 g/mol. The van der Waals surface area contributed by atoms with Gasteiger partial charge >= 0.3 is 0 Å². The lowest BCUT2D eigenvalue weighted by atomic mass is 10.2. The molecule has 0 aliphatic rings. The standard InChI is InChI=1S/C11H16OP/c1-10(2)8-9-13(12)11-6-4-3-5-7-11/h3-7,10H,8-9H2,1-2H3. The number of rotatable bonds is 4. The van der Waals surface area contributed by atoms with Crippen LogP contribution in [0.5, 0.6) is 0 Å². The minimum atomic E-state index is -1.16. The maximum absolute atomic E-state index is 11.7. The molecular weight excluding hydrogens is 179 g/mol. The van der Waals surface area contributed by atoms with E-state index in [2.05, 4.69) is 13.8 Å². The van der Waals surface area contributed by atoms with Crippen molar-refractivity contribution in [2.75, 3.05) is 6.16 Å². The van der Waals surface area contributed by atoms with Gasteiger partial charge in [-0.25, -0.2) is 0 Å². The fourth-order valence-electron chi connectivity index (χ4n) is 1.10. The van der Waals surface area contributed by atoms with E-state index in [1.807, 2.05) is 30.3 Å². The molecule has 13 heavy (non-hydrogen) atoms. The molecule has 1 atom stereocenters. The molecule has 0 N–H and O–H groups in total. The fourth-order valence-corrected chi connectivity index (χ4v) is 2.61. The van der Waals surface area contributed by atoms with Crippen LogP contribution in [0, 0.1) is 5.92 Å². The van der Waals surface area contributed by atoms with Gasteiger partial charge in [0.2, 0.25) is 0 Å². The zero-order chi connectivity index (χ0) is 9.68. The second-order valence-electron chi connectivity index (χ2n) is 3.62. The number of hydrogen-bond donors (Lipinski definition) is 0. The van der Waals surface area contributed by atoms with E-state index in [-0.39, 0.29) is 0 Å². The largest absolute Gasteiger partial charge is 0.282 e. The molecule has 1 rings (SSSR count). The van der Waals surface area contributed by atoms with Crippen molar-refractivity contribution in [3.63, 3.8) is 0 Å². The lowest BCUT2D eigenvalue weighted by Gasteiger charge is -2.03. The van der Waals surface area contributed by atoms with Gasteiger partial charge in [0.1, 0.15) is 7.80 Å². The van der Waals surface area contributed by atoms with Crippen molar-refractivity contribution < 1.29 is 4.57 Å². The highest BCUT2D eigenvalue weighted by atomic mass is 31.1. The van der Waals surface area contributed by atoms with Gasteiger partial charge in [-0.15, -0.1) is 0 Å². The highest BCUT2D eigenvalue weighted by Gasteiger charge is 2.04. The van der Waals surface area contributed by atoms with Crippen LogP contribution in [0.1, 0.15) is 20.3 Å². The van der Waals surface area contributed by atoms with Crippen LogP contribution in [-0.2, 0) is 4.57 Å². The zero-order valence-corrected chi connectivity index (χ0v) is 9.13. The third kappa shape index (κ3) is 3.69. The zero-order valence-electron chi connectivity index (χ0n) is 8.23. The SMILES string of the molecule is CC(C)CC[P](=O)c1ccccc1. The van der Waals surface area contributed by atoms with Crippen LogP contribution >= 0.6 is 7.80 Å². The van der Waals surface area contributed by atoms with Gasteiger partial charge in [-0.05, 0) is 24.5 Å². The molecule has 1 radical (unpaired) electrons. The molecule has 1 aromatic rings. The normalized spacial score (nSPS) is 11.8. The summed E-state index contributed by atoms with van der Waals surface area (Å²) in [4.78, 5) is 0. The summed E-state index contributed by atoms with van der Waals surface area (Å²) >= 11 is 0. The average molecular weight is 195 g/mol. The van der Waals surface area contributed by atoms with E-state index in [0.717, 1.165) is 17.9 Å². The van der Waals surface area contributed by atoms with Crippen LogP contribution in [0.2, 0.25) is 0 Å². The van der Waals surface area contributed by atoms with E-state index >= 15 is 0 Å². The molecule has 0 saturated carbocycles. The maximum Gasteiger partial charge on any atom is 0.104 e. The van der Waals surface area contributed by atoms with Crippen molar-refractivity contribution in [1.29, 1.82) is 0 Å². The molecule has 0 spiro atoms. The Kier molecular flexibility index (Phi) is 4.11. The smallest absolute Gasteiger partial charge is 0.104 e. The highest BCUT2D eigenvalue weighted by Crippen LogP contribution is 2.22.